The second kappa shape index (κ2) is 5.63. The molecule has 4 heteroatoms. The quantitative estimate of drug-likeness (QED) is 0.860. The van der Waals surface area contributed by atoms with Crippen LogP contribution in [-0.2, 0) is 4.79 Å². The highest BCUT2D eigenvalue weighted by Crippen LogP contribution is 2.26. The van der Waals surface area contributed by atoms with Gasteiger partial charge in [-0.15, -0.1) is 0 Å². The molecule has 1 aliphatic heterocycles. The third-order valence-corrected chi connectivity index (χ3v) is 4.50. The summed E-state index contributed by atoms with van der Waals surface area (Å²) in [5.74, 6) is 0.147. The molecule has 1 amide bonds. The monoisotopic (exact) mass is 324 g/mol. The molecule has 0 aliphatic carbocycles. The van der Waals surface area contributed by atoms with Crippen molar-refractivity contribution in [3.8, 4) is 0 Å². The molecule has 0 spiro atoms. The minimum Gasteiger partial charge on any atom is -0.311 e. The van der Waals surface area contributed by atoms with E-state index in [1.165, 1.54) is 0 Å². The van der Waals surface area contributed by atoms with Crippen LogP contribution in [0.25, 0.3) is 0 Å². The van der Waals surface area contributed by atoms with Gasteiger partial charge >= 0.3 is 0 Å². The number of carbonyl (C=O) groups is 1. The van der Waals surface area contributed by atoms with Crippen molar-refractivity contribution < 1.29 is 4.79 Å². The summed E-state index contributed by atoms with van der Waals surface area (Å²) >= 11 is 3.50. The first-order chi connectivity index (χ1) is 8.92. The van der Waals surface area contributed by atoms with Gasteiger partial charge in [-0.3, -0.25) is 4.79 Å². The van der Waals surface area contributed by atoms with Crippen molar-refractivity contribution in [3.05, 3.63) is 28.2 Å². The lowest BCUT2D eigenvalue weighted by molar-refractivity contribution is -0.124. The molecular formula is C15H21BrN2O. The van der Waals surface area contributed by atoms with Gasteiger partial charge in [0.1, 0.15) is 0 Å². The number of benzene rings is 1. The zero-order chi connectivity index (χ0) is 14.0. The van der Waals surface area contributed by atoms with Gasteiger partial charge in [0.2, 0.25) is 5.91 Å². The lowest BCUT2D eigenvalue weighted by Crippen LogP contribution is -2.56. The molecule has 1 fully saturated rings. The molecular weight excluding hydrogens is 304 g/mol. The summed E-state index contributed by atoms with van der Waals surface area (Å²) in [4.78, 5) is 14.6. The van der Waals surface area contributed by atoms with Gasteiger partial charge in [0.05, 0.1) is 5.54 Å². The van der Waals surface area contributed by atoms with Crippen molar-refractivity contribution in [3.63, 3.8) is 0 Å². The van der Waals surface area contributed by atoms with Crippen LogP contribution in [-0.4, -0.2) is 24.5 Å². The van der Waals surface area contributed by atoms with Gasteiger partial charge in [-0.1, -0.05) is 15.9 Å². The van der Waals surface area contributed by atoms with Crippen molar-refractivity contribution >= 4 is 27.5 Å². The molecule has 2 rings (SSSR count). The average Bonchev–Trinajstić information content (AvgIpc) is 2.35. The Labute approximate surface area is 123 Å². The van der Waals surface area contributed by atoms with E-state index in [4.69, 9.17) is 0 Å². The van der Waals surface area contributed by atoms with Crippen LogP contribution in [0.3, 0.4) is 0 Å². The smallest absolute Gasteiger partial charge is 0.246 e. The number of carbonyl (C=O) groups excluding carboxylic acids is 1. The molecule has 0 bridgehead atoms. The van der Waals surface area contributed by atoms with Gasteiger partial charge in [-0.05, 0) is 63.9 Å². The number of halogens is 1. The number of anilines is 1. The summed E-state index contributed by atoms with van der Waals surface area (Å²) < 4.78 is 1.08. The number of aryl methyl sites for hydroxylation is 1. The standard InChI is InChI=1S/C15H21BrN2O/c1-11-10-12(6-7-13(11)16)18-9-5-4-8-17-15(2,3)14(18)19/h6-7,10,17H,4-5,8-9H2,1-3H3. The SMILES string of the molecule is Cc1cc(N2CCCCNC(C)(C)C2=O)ccc1Br. The Morgan fingerprint density at radius 2 is 2.05 bits per heavy atom. The van der Waals surface area contributed by atoms with Gasteiger partial charge in [-0.2, -0.15) is 0 Å². The lowest BCUT2D eigenvalue weighted by Gasteiger charge is -2.35. The Balaban J connectivity index is 2.33. The summed E-state index contributed by atoms with van der Waals surface area (Å²) in [6.45, 7) is 7.67. The normalized spacial score (nSPS) is 20.0. The van der Waals surface area contributed by atoms with Crippen LogP contribution in [0.15, 0.2) is 22.7 Å². The molecule has 3 nitrogen and oxygen atoms in total. The second-order valence-electron chi connectivity index (χ2n) is 5.65. The summed E-state index contributed by atoms with van der Waals surface area (Å²) in [5.41, 5.74) is 1.64. The zero-order valence-corrected chi connectivity index (χ0v) is 13.4. The van der Waals surface area contributed by atoms with E-state index in [2.05, 4.69) is 27.3 Å². The Morgan fingerprint density at radius 3 is 2.74 bits per heavy atom. The highest BCUT2D eigenvalue weighted by Gasteiger charge is 2.33. The van der Waals surface area contributed by atoms with E-state index in [1.807, 2.05) is 37.8 Å². The van der Waals surface area contributed by atoms with Crippen LogP contribution in [0.1, 0.15) is 32.3 Å². The Bertz CT molecular complexity index is 485. The number of rotatable bonds is 1. The molecule has 0 aromatic heterocycles. The van der Waals surface area contributed by atoms with Gasteiger partial charge in [0.25, 0.3) is 0 Å². The van der Waals surface area contributed by atoms with Crippen LogP contribution < -0.4 is 10.2 Å². The molecule has 0 unspecified atom stereocenters. The molecule has 1 saturated heterocycles. The first-order valence-electron chi connectivity index (χ1n) is 6.75. The number of hydrogen-bond donors (Lipinski definition) is 1. The van der Waals surface area contributed by atoms with E-state index >= 15 is 0 Å². The third-order valence-electron chi connectivity index (χ3n) is 3.61. The Kier molecular flexibility index (Phi) is 4.31. The van der Waals surface area contributed by atoms with E-state index in [-0.39, 0.29) is 5.91 Å². The van der Waals surface area contributed by atoms with Gasteiger partial charge < -0.3 is 10.2 Å². The van der Waals surface area contributed by atoms with Crippen LogP contribution in [0.4, 0.5) is 5.69 Å². The van der Waals surface area contributed by atoms with Crippen LogP contribution >= 0.6 is 15.9 Å². The topological polar surface area (TPSA) is 32.3 Å². The van der Waals surface area contributed by atoms with Crippen LogP contribution in [0.2, 0.25) is 0 Å². The Morgan fingerprint density at radius 1 is 1.32 bits per heavy atom. The number of nitrogens with zero attached hydrogens (tertiary/aromatic N) is 1. The lowest BCUT2D eigenvalue weighted by atomic mass is 10.00. The van der Waals surface area contributed by atoms with Crippen molar-refractivity contribution in [2.24, 2.45) is 0 Å². The second-order valence-corrected chi connectivity index (χ2v) is 6.50. The fraction of sp³-hybridized carbons (Fsp3) is 0.533. The highest BCUT2D eigenvalue weighted by molar-refractivity contribution is 9.10. The molecule has 0 saturated carbocycles. The van der Waals surface area contributed by atoms with Crippen molar-refractivity contribution in [2.75, 3.05) is 18.0 Å². The van der Waals surface area contributed by atoms with Crippen molar-refractivity contribution in [1.29, 1.82) is 0 Å². The molecule has 1 aromatic rings. The maximum Gasteiger partial charge on any atom is 0.246 e. The number of nitrogens with one attached hydrogen (secondary N) is 1. The van der Waals surface area contributed by atoms with E-state index in [0.29, 0.717) is 0 Å². The zero-order valence-electron chi connectivity index (χ0n) is 11.8. The maximum atomic E-state index is 12.7. The van der Waals surface area contributed by atoms with Crippen molar-refractivity contribution in [2.45, 2.75) is 39.2 Å². The summed E-state index contributed by atoms with van der Waals surface area (Å²) in [6.07, 6.45) is 2.13. The largest absolute Gasteiger partial charge is 0.311 e. The summed E-state index contributed by atoms with van der Waals surface area (Å²) in [7, 11) is 0. The number of hydrogen-bond acceptors (Lipinski definition) is 2. The maximum absolute atomic E-state index is 12.7. The van der Waals surface area contributed by atoms with Crippen LogP contribution in [0, 0.1) is 6.92 Å². The first-order valence-corrected chi connectivity index (χ1v) is 7.54. The Hall–Kier alpha value is -0.870. The number of amides is 1. The minimum atomic E-state index is -0.499. The molecule has 104 valence electrons. The fourth-order valence-corrected chi connectivity index (χ4v) is 2.60. The van der Waals surface area contributed by atoms with E-state index in [1.54, 1.807) is 0 Å². The molecule has 1 aliphatic rings. The van der Waals surface area contributed by atoms with E-state index in [0.717, 1.165) is 41.7 Å². The van der Waals surface area contributed by atoms with Gasteiger partial charge in [0, 0.05) is 16.7 Å². The molecule has 19 heavy (non-hydrogen) atoms. The van der Waals surface area contributed by atoms with E-state index < -0.39 is 5.54 Å². The predicted molar refractivity (Wildman–Crippen MR) is 82.5 cm³/mol. The van der Waals surface area contributed by atoms with Gasteiger partial charge in [0.15, 0.2) is 0 Å². The molecule has 1 N–H and O–H groups in total. The van der Waals surface area contributed by atoms with E-state index in [9.17, 15) is 4.79 Å². The van der Waals surface area contributed by atoms with Gasteiger partial charge in [-0.25, -0.2) is 0 Å². The molecule has 0 radical (unpaired) electrons. The minimum absolute atomic E-state index is 0.147. The van der Waals surface area contributed by atoms with Crippen molar-refractivity contribution in [1.82, 2.24) is 5.32 Å². The molecule has 1 heterocycles. The summed E-state index contributed by atoms with van der Waals surface area (Å²) in [6, 6.07) is 6.09. The fourth-order valence-electron chi connectivity index (χ4n) is 2.35. The third kappa shape index (κ3) is 3.18. The highest BCUT2D eigenvalue weighted by atomic mass is 79.9. The average molecular weight is 325 g/mol. The summed E-state index contributed by atoms with van der Waals surface area (Å²) in [5, 5.41) is 3.34. The predicted octanol–water partition coefficient (Wildman–Crippen LogP) is 3.25. The first kappa shape index (κ1) is 14.5. The molecule has 1 aromatic carbocycles. The van der Waals surface area contributed by atoms with Crippen LogP contribution in [0.5, 0.6) is 0 Å². The molecule has 0 atom stereocenters.